The van der Waals surface area contributed by atoms with E-state index in [4.69, 9.17) is 16.3 Å². The number of benzene rings is 2. The highest BCUT2D eigenvalue weighted by Crippen LogP contribution is 2.39. The number of carbonyl (C=O) groups excluding carboxylic acids is 1. The average molecular weight is 586 g/mol. The lowest BCUT2D eigenvalue weighted by Gasteiger charge is -2.43. The Bertz CT molecular complexity index is 1270. The molecular weight excluding hydrogens is 545 g/mol. The molecular formula is C32H41ClFN3O4. The van der Waals surface area contributed by atoms with Crippen LogP contribution in [0.1, 0.15) is 47.9 Å². The van der Waals surface area contributed by atoms with Gasteiger partial charge in [-0.3, -0.25) is 19.4 Å². The minimum absolute atomic E-state index is 0.0207. The van der Waals surface area contributed by atoms with Crippen LogP contribution in [0.15, 0.2) is 36.4 Å². The van der Waals surface area contributed by atoms with Crippen LogP contribution in [0.25, 0.3) is 0 Å². The highest BCUT2D eigenvalue weighted by molar-refractivity contribution is 6.30. The van der Waals surface area contributed by atoms with Crippen LogP contribution in [0.5, 0.6) is 0 Å². The van der Waals surface area contributed by atoms with Crippen molar-refractivity contribution >= 4 is 23.5 Å². The number of aryl methyl sites for hydroxylation is 2. The van der Waals surface area contributed by atoms with Crippen LogP contribution < -0.4 is 0 Å². The van der Waals surface area contributed by atoms with Crippen molar-refractivity contribution in [2.24, 2.45) is 5.92 Å². The maximum absolute atomic E-state index is 15.2. The zero-order chi connectivity index (χ0) is 29.3. The summed E-state index contributed by atoms with van der Waals surface area (Å²) >= 11 is 6.06. The van der Waals surface area contributed by atoms with Gasteiger partial charge in [-0.05, 0) is 68.9 Å². The largest absolute Gasteiger partial charge is 0.480 e. The number of carboxylic acids is 1. The lowest BCUT2D eigenvalue weighted by Crippen LogP contribution is -2.59. The van der Waals surface area contributed by atoms with Gasteiger partial charge < -0.3 is 14.7 Å². The second-order valence-electron chi connectivity index (χ2n) is 12.0. The molecule has 2 aromatic rings. The van der Waals surface area contributed by atoms with Crippen LogP contribution in [0.2, 0.25) is 5.02 Å². The molecule has 0 aliphatic carbocycles. The molecule has 41 heavy (non-hydrogen) atoms. The van der Waals surface area contributed by atoms with Crippen molar-refractivity contribution in [1.82, 2.24) is 14.7 Å². The second-order valence-corrected chi connectivity index (χ2v) is 12.5. The van der Waals surface area contributed by atoms with Crippen LogP contribution in [-0.2, 0) is 20.7 Å². The molecule has 3 fully saturated rings. The average Bonchev–Trinajstić information content (AvgIpc) is 3.38. The molecule has 3 heterocycles. The van der Waals surface area contributed by atoms with E-state index in [1.54, 1.807) is 12.1 Å². The van der Waals surface area contributed by atoms with E-state index in [0.717, 1.165) is 29.5 Å². The van der Waals surface area contributed by atoms with E-state index in [9.17, 15) is 14.7 Å². The van der Waals surface area contributed by atoms with Crippen molar-refractivity contribution < 1.29 is 23.8 Å². The van der Waals surface area contributed by atoms with Gasteiger partial charge in [-0.25, -0.2) is 4.39 Å². The molecule has 4 atom stereocenters. The number of amides is 1. The third kappa shape index (κ3) is 6.61. The number of aliphatic carboxylic acids is 1. The van der Waals surface area contributed by atoms with Crippen LogP contribution in [0, 0.1) is 25.6 Å². The number of likely N-dealkylation sites (tertiary alicyclic amines) is 1. The van der Waals surface area contributed by atoms with E-state index in [1.165, 1.54) is 6.07 Å². The molecule has 2 aromatic carbocycles. The molecule has 3 saturated heterocycles. The Morgan fingerprint density at radius 2 is 1.83 bits per heavy atom. The van der Waals surface area contributed by atoms with Crippen molar-refractivity contribution in [3.63, 3.8) is 0 Å². The number of hydrogen-bond donors (Lipinski definition) is 1. The highest BCUT2D eigenvalue weighted by atomic mass is 35.5. The number of piperazine rings is 1. The predicted octanol–water partition coefficient (Wildman–Crippen LogP) is 4.52. The third-order valence-electron chi connectivity index (χ3n) is 9.31. The molecule has 0 bridgehead atoms. The van der Waals surface area contributed by atoms with Crippen molar-refractivity contribution in [1.29, 1.82) is 0 Å². The Morgan fingerprint density at radius 3 is 2.49 bits per heavy atom. The molecule has 0 aromatic heterocycles. The molecule has 0 unspecified atom stereocenters. The van der Waals surface area contributed by atoms with Crippen molar-refractivity contribution in [3.8, 4) is 0 Å². The van der Waals surface area contributed by atoms with E-state index >= 15 is 4.39 Å². The van der Waals surface area contributed by atoms with Crippen LogP contribution in [0.3, 0.4) is 0 Å². The standard InChI is InChI=1S/C32H41ClFN3O4/c1-20-4-5-23(21(2)14-20)15-30(32(39)40)35-10-11-37(22(3)17-35)31(38)28-19-36(25-8-12-41-13-9-25)18-27(28)26-7-6-24(33)16-29(26)34/h4-7,14,16,22,25,27-28,30H,8-13,15,17-19H2,1-3H3,(H,39,40)/t22-,27-,28+,30-/m0/s1. The van der Waals surface area contributed by atoms with E-state index in [2.05, 4.69) is 11.0 Å². The lowest BCUT2D eigenvalue weighted by molar-refractivity contribution is -0.147. The Balaban J connectivity index is 1.32. The smallest absolute Gasteiger partial charge is 0.321 e. The first-order valence-corrected chi connectivity index (χ1v) is 15.1. The van der Waals surface area contributed by atoms with E-state index < -0.39 is 12.0 Å². The summed E-state index contributed by atoms with van der Waals surface area (Å²) in [6.45, 7) is 10.0. The first-order valence-electron chi connectivity index (χ1n) is 14.7. The number of carbonyl (C=O) groups is 2. The van der Waals surface area contributed by atoms with Gasteiger partial charge >= 0.3 is 5.97 Å². The Labute approximate surface area is 247 Å². The minimum Gasteiger partial charge on any atom is -0.480 e. The van der Waals surface area contributed by atoms with E-state index in [1.807, 2.05) is 42.7 Å². The lowest BCUT2D eigenvalue weighted by atomic mass is 9.87. The molecule has 0 spiro atoms. The van der Waals surface area contributed by atoms with Gasteiger partial charge in [0.2, 0.25) is 5.91 Å². The summed E-state index contributed by atoms with van der Waals surface area (Å²) in [5, 5.41) is 10.5. The molecule has 0 saturated carbocycles. The summed E-state index contributed by atoms with van der Waals surface area (Å²) in [7, 11) is 0. The molecule has 3 aliphatic rings. The Kier molecular flexibility index (Phi) is 9.33. The number of rotatable bonds is 7. The van der Waals surface area contributed by atoms with Gasteiger partial charge in [0.15, 0.2) is 0 Å². The van der Waals surface area contributed by atoms with Gasteiger partial charge in [0, 0.05) is 69.0 Å². The number of carboxylic acid groups (broad SMARTS) is 1. The SMILES string of the molecule is Cc1ccc(C[C@@H](C(=O)O)N2CCN(C(=O)[C@@H]3CN(C4CCOCC4)C[C@H]3c3ccc(Cl)cc3F)[C@@H](C)C2)c(C)c1. The fourth-order valence-electron chi connectivity index (χ4n) is 7.02. The molecule has 222 valence electrons. The molecule has 1 N–H and O–H groups in total. The highest BCUT2D eigenvalue weighted by Gasteiger charge is 2.45. The number of nitrogens with zero attached hydrogens (tertiary/aromatic N) is 3. The second kappa shape index (κ2) is 12.8. The Hall–Kier alpha value is -2.52. The summed E-state index contributed by atoms with van der Waals surface area (Å²) < 4.78 is 20.7. The molecule has 5 rings (SSSR count). The van der Waals surface area contributed by atoms with Crippen molar-refractivity contribution in [2.75, 3.05) is 45.9 Å². The summed E-state index contributed by atoms with van der Waals surface area (Å²) in [6.07, 6.45) is 2.23. The first-order chi connectivity index (χ1) is 19.6. The molecule has 0 radical (unpaired) electrons. The zero-order valence-electron chi connectivity index (χ0n) is 24.2. The fraction of sp³-hybridized carbons (Fsp3) is 0.562. The summed E-state index contributed by atoms with van der Waals surface area (Å²) in [5.41, 5.74) is 3.81. The molecule has 3 aliphatic heterocycles. The van der Waals surface area contributed by atoms with Crippen LogP contribution in [-0.4, -0.2) is 95.7 Å². The number of ether oxygens (including phenoxy) is 1. The number of hydrogen-bond acceptors (Lipinski definition) is 5. The van der Waals surface area contributed by atoms with Crippen molar-refractivity contribution in [3.05, 3.63) is 69.5 Å². The summed E-state index contributed by atoms with van der Waals surface area (Å²) in [4.78, 5) is 32.8. The molecule has 7 nitrogen and oxygen atoms in total. The first kappa shape index (κ1) is 30.0. The van der Waals surface area contributed by atoms with Gasteiger partial charge in [0.05, 0.1) is 5.92 Å². The van der Waals surface area contributed by atoms with Gasteiger partial charge in [-0.1, -0.05) is 41.4 Å². The Morgan fingerprint density at radius 1 is 1.07 bits per heavy atom. The monoisotopic (exact) mass is 585 g/mol. The normalized spacial score (nSPS) is 25.4. The minimum atomic E-state index is -0.849. The quantitative estimate of drug-likeness (QED) is 0.515. The zero-order valence-corrected chi connectivity index (χ0v) is 24.9. The maximum atomic E-state index is 15.2. The topological polar surface area (TPSA) is 73.3 Å². The van der Waals surface area contributed by atoms with E-state index in [0.29, 0.717) is 69.0 Å². The number of halogens is 2. The van der Waals surface area contributed by atoms with E-state index in [-0.39, 0.29) is 29.6 Å². The molecule has 1 amide bonds. The summed E-state index contributed by atoms with van der Waals surface area (Å²) in [5.74, 6) is -1.86. The fourth-order valence-corrected chi connectivity index (χ4v) is 7.17. The predicted molar refractivity (Wildman–Crippen MR) is 157 cm³/mol. The van der Waals surface area contributed by atoms with Gasteiger partial charge in [-0.2, -0.15) is 0 Å². The van der Waals surface area contributed by atoms with Gasteiger partial charge in [0.25, 0.3) is 0 Å². The third-order valence-corrected chi connectivity index (χ3v) is 9.55. The van der Waals surface area contributed by atoms with Crippen molar-refractivity contribution in [2.45, 2.75) is 64.1 Å². The summed E-state index contributed by atoms with van der Waals surface area (Å²) in [6, 6.07) is 10.4. The van der Waals surface area contributed by atoms with Gasteiger partial charge in [-0.15, -0.1) is 0 Å². The molecule has 9 heteroatoms. The van der Waals surface area contributed by atoms with Crippen LogP contribution >= 0.6 is 11.6 Å². The van der Waals surface area contributed by atoms with Crippen LogP contribution in [0.4, 0.5) is 4.39 Å². The van der Waals surface area contributed by atoms with Gasteiger partial charge in [0.1, 0.15) is 11.9 Å². The maximum Gasteiger partial charge on any atom is 0.321 e.